The van der Waals surface area contributed by atoms with E-state index in [4.69, 9.17) is 4.74 Å². The van der Waals surface area contributed by atoms with Crippen LogP contribution in [0.2, 0.25) is 0 Å². The molecule has 0 bridgehead atoms. The second kappa shape index (κ2) is 7.62. The number of amides is 1. The Labute approximate surface area is 159 Å². The lowest BCUT2D eigenvalue weighted by atomic mass is 10.0. The van der Waals surface area contributed by atoms with Gasteiger partial charge in [-0.3, -0.25) is 9.69 Å². The zero-order chi connectivity index (χ0) is 19.6. The van der Waals surface area contributed by atoms with Crippen LogP contribution in [-0.2, 0) is 9.53 Å². The predicted molar refractivity (Wildman–Crippen MR) is 108 cm³/mol. The molecule has 3 aromatic rings. The van der Waals surface area contributed by atoms with Crippen molar-refractivity contribution < 1.29 is 14.3 Å². The van der Waals surface area contributed by atoms with Crippen molar-refractivity contribution in [2.45, 2.75) is 26.8 Å². The van der Waals surface area contributed by atoms with Gasteiger partial charge in [-0.2, -0.15) is 0 Å². The van der Waals surface area contributed by atoms with Gasteiger partial charge in [0.2, 0.25) is 0 Å². The van der Waals surface area contributed by atoms with Crippen LogP contribution in [0, 0.1) is 13.8 Å². The van der Waals surface area contributed by atoms with E-state index in [2.05, 4.69) is 0 Å². The largest absolute Gasteiger partial charge is 0.467 e. The zero-order valence-corrected chi connectivity index (χ0v) is 16.0. The van der Waals surface area contributed by atoms with Gasteiger partial charge in [-0.15, -0.1) is 0 Å². The first-order chi connectivity index (χ1) is 13.0. The summed E-state index contributed by atoms with van der Waals surface area (Å²) in [7, 11) is 1.34. The minimum absolute atomic E-state index is 0.217. The molecule has 27 heavy (non-hydrogen) atoms. The zero-order valence-electron chi connectivity index (χ0n) is 16.0. The third-order valence-corrected chi connectivity index (χ3v) is 4.87. The molecule has 138 valence electrons. The van der Waals surface area contributed by atoms with E-state index in [1.807, 2.05) is 68.4 Å². The molecule has 3 aromatic carbocycles. The molecule has 4 nitrogen and oxygen atoms in total. The molecule has 0 radical (unpaired) electrons. The van der Waals surface area contributed by atoms with Crippen molar-refractivity contribution in [3.05, 3.63) is 77.4 Å². The van der Waals surface area contributed by atoms with Crippen molar-refractivity contribution in [1.29, 1.82) is 0 Å². The van der Waals surface area contributed by atoms with Crippen molar-refractivity contribution in [3.63, 3.8) is 0 Å². The Morgan fingerprint density at radius 3 is 2.26 bits per heavy atom. The number of anilines is 1. The third-order valence-electron chi connectivity index (χ3n) is 4.87. The number of benzene rings is 3. The Balaban J connectivity index is 2.26. The highest BCUT2D eigenvalue weighted by molar-refractivity contribution is 6.14. The molecule has 0 aliphatic rings. The molecule has 0 unspecified atom stereocenters. The fourth-order valence-corrected chi connectivity index (χ4v) is 3.37. The molecule has 0 saturated carbocycles. The highest BCUT2D eigenvalue weighted by atomic mass is 16.5. The first-order valence-electron chi connectivity index (χ1n) is 8.91. The SMILES string of the molecule is COC(=O)[C@H](C)N(C(=O)c1ccccc1C)c1c(C)ccc2ccccc12. The van der Waals surface area contributed by atoms with E-state index in [1.54, 1.807) is 17.9 Å². The third kappa shape index (κ3) is 3.43. The Bertz CT molecular complexity index is 1010. The van der Waals surface area contributed by atoms with Gasteiger partial charge >= 0.3 is 5.97 Å². The number of carbonyl (C=O) groups excluding carboxylic acids is 2. The number of carbonyl (C=O) groups is 2. The van der Waals surface area contributed by atoms with Gasteiger partial charge in [-0.25, -0.2) is 4.79 Å². The summed E-state index contributed by atoms with van der Waals surface area (Å²) >= 11 is 0. The normalized spacial score (nSPS) is 11.9. The summed E-state index contributed by atoms with van der Waals surface area (Å²) in [5.74, 6) is -0.672. The van der Waals surface area contributed by atoms with Crippen LogP contribution in [0.3, 0.4) is 0 Å². The molecule has 0 aliphatic heterocycles. The highest BCUT2D eigenvalue weighted by Crippen LogP contribution is 2.33. The van der Waals surface area contributed by atoms with Crippen LogP contribution in [0.4, 0.5) is 5.69 Å². The van der Waals surface area contributed by atoms with Gasteiger partial charge in [-0.05, 0) is 43.4 Å². The lowest BCUT2D eigenvalue weighted by Crippen LogP contribution is -2.44. The second-order valence-corrected chi connectivity index (χ2v) is 6.64. The van der Waals surface area contributed by atoms with E-state index in [-0.39, 0.29) is 5.91 Å². The molecule has 0 saturated heterocycles. The van der Waals surface area contributed by atoms with Gasteiger partial charge in [0.1, 0.15) is 6.04 Å². The minimum Gasteiger partial charge on any atom is -0.467 e. The smallest absolute Gasteiger partial charge is 0.328 e. The Hall–Kier alpha value is -3.14. The summed E-state index contributed by atoms with van der Waals surface area (Å²) < 4.78 is 4.95. The molecule has 0 aromatic heterocycles. The quantitative estimate of drug-likeness (QED) is 0.635. The predicted octanol–water partition coefficient (Wildman–Crippen LogP) is 4.66. The van der Waals surface area contributed by atoms with E-state index in [1.165, 1.54) is 7.11 Å². The van der Waals surface area contributed by atoms with Crippen molar-refractivity contribution in [3.8, 4) is 0 Å². The molecule has 0 N–H and O–H groups in total. The summed E-state index contributed by atoms with van der Waals surface area (Å²) in [6.45, 7) is 5.54. The van der Waals surface area contributed by atoms with Crippen LogP contribution in [0.5, 0.6) is 0 Å². The maximum absolute atomic E-state index is 13.5. The molecule has 3 rings (SSSR count). The van der Waals surface area contributed by atoms with E-state index >= 15 is 0 Å². The van der Waals surface area contributed by atoms with E-state index in [0.29, 0.717) is 5.56 Å². The fraction of sp³-hybridized carbons (Fsp3) is 0.217. The van der Waals surface area contributed by atoms with Crippen molar-refractivity contribution in [1.82, 2.24) is 0 Å². The van der Waals surface area contributed by atoms with Crippen LogP contribution >= 0.6 is 0 Å². The first kappa shape index (κ1) is 18.6. The van der Waals surface area contributed by atoms with Crippen LogP contribution in [-0.4, -0.2) is 25.0 Å². The van der Waals surface area contributed by atoms with Gasteiger partial charge in [-0.1, -0.05) is 54.6 Å². The molecule has 0 aliphatic carbocycles. The molecule has 0 fully saturated rings. The summed E-state index contributed by atoms with van der Waals surface area (Å²) in [4.78, 5) is 27.5. The maximum atomic E-state index is 13.5. The summed E-state index contributed by atoms with van der Waals surface area (Å²) in [6, 6.07) is 18.5. The van der Waals surface area contributed by atoms with Gasteiger partial charge < -0.3 is 4.74 Å². The van der Waals surface area contributed by atoms with Crippen molar-refractivity contribution >= 4 is 28.3 Å². The Morgan fingerprint density at radius 1 is 0.889 bits per heavy atom. The number of hydrogen-bond acceptors (Lipinski definition) is 3. The molecule has 0 spiro atoms. The number of aryl methyl sites for hydroxylation is 2. The number of rotatable bonds is 4. The molecule has 1 atom stereocenters. The lowest BCUT2D eigenvalue weighted by Gasteiger charge is -2.30. The van der Waals surface area contributed by atoms with E-state index in [0.717, 1.165) is 27.6 Å². The number of nitrogens with zero attached hydrogens (tertiary/aromatic N) is 1. The topological polar surface area (TPSA) is 46.6 Å². The number of esters is 1. The number of fused-ring (bicyclic) bond motifs is 1. The molecule has 0 heterocycles. The summed E-state index contributed by atoms with van der Waals surface area (Å²) in [6.07, 6.45) is 0. The number of hydrogen-bond donors (Lipinski definition) is 0. The van der Waals surface area contributed by atoms with E-state index < -0.39 is 12.0 Å². The first-order valence-corrected chi connectivity index (χ1v) is 8.91. The van der Waals surface area contributed by atoms with Gasteiger partial charge in [0.05, 0.1) is 12.8 Å². The minimum atomic E-state index is -0.758. The van der Waals surface area contributed by atoms with Gasteiger partial charge in [0.25, 0.3) is 5.91 Å². The Morgan fingerprint density at radius 2 is 1.56 bits per heavy atom. The van der Waals surface area contributed by atoms with Crippen LogP contribution in [0.1, 0.15) is 28.4 Å². The number of ether oxygens (including phenoxy) is 1. The van der Waals surface area contributed by atoms with Gasteiger partial charge in [0, 0.05) is 10.9 Å². The number of methoxy groups -OCH3 is 1. The fourth-order valence-electron chi connectivity index (χ4n) is 3.37. The molecule has 1 amide bonds. The standard InChI is InChI=1S/C23H23NO3/c1-15-9-5-7-11-19(15)22(25)24(17(3)23(26)27-4)21-16(2)13-14-18-10-6-8-12-20(18)21/h5-14,17H,1-4H3/t17-/m0/s1. The summed E-state index contributed by atoms with van der Waals surface area (Å²) in [5, 5.41) is 1.94. The van der Waals surface area contributed by atoms with Crippen molar-refractivity contribution in [2.24, 2.45) is 0 Å². The van der Waals surface area contributed by atoms with Gasteiger partial charge in [0.15, 0.2) is 0 Å². The molecular weight excluding hydrogens is 338 g/mol. The maximum Gasteiger partial charge on any atom is 0.328 e. The molecule has 4 heteroatoms. The second-order valence-electron chi connectivity index (χ2n) is 6.64. The highest BCUT2D eigenvalue weighted by Gasteiger charge is 2.31. The van der Waals surface area contributed by atoms with Crippen LogP contribution in [0.15, 0.2) is 60.7 Å². The summed E-state index contributed by atoms with van der Waals surface area (Å²) in [5.41, 5.74) is 3.09. The average molecular weight is 361 g/mol. The van der Waals surface area contributed by atoms with Crippen LogP contribution in [0.25, 0.3) is 10.8 Å². The van der Waals surface area contributed by atoms with Crippen LogP contribution < -0.4 is 4.90 Å². The van der Waals surface area contributed by atoms with E-state index in [9.17, 15) is 9.59 Å². The van der Waals surface area contributed by atoms with Crippen molar-refractivity contribution in [2.75, 3.05) is 12.0 Å². The Kier molecular flexibility index (Phi) is 5.26. The lowest BCUT2D eigenvalue weighted by molar-refractivity contribution is -0.141. The average Bonchev–Trinajstić information content (AvgIpc) is 2.69. The molecular formula is C23H23NO3. The monoisotopic (exact) mass is 361 g/mol.